The second-order valence-corrected chi connectivity index (χ2v) is 3.91. The van der Waals surface area contributed by atoms with Crippen LogP contribution in [0.25, 0.3) is 0 Å². The molecule has 1 aliphatic rings. The van der Waals surface area contributed by atoms with Crippen molar-refractivity contribution in [2.75, 3.05) is 0 Å². The maximum Gasteiger partial charge on any atom is 0.305 e. The first-order valence-corrected chi connectivity index (χ1v) is 5.52. The Kier molecular flexibility index (Phi) is 4.73. The summed E-state index contributed by atoms with van der Waals surface area (Å²) in [7, 11) is 0. The molecule has 1 fully saturated rings. The largest absolute Gasteiger partial charge is 0.456 e. The number of ether oxygens (including phenoxy) is 3. The quantitative estimate of drug-likeness (QED) is 0.683. The Morgan fingerprint density at radius 3 is 2.38 bits per heavy atom. The first-order valence-electron chi connectivity index (χ1n) is 5.52. The van der Waals surface area contributed by atoms with E-state index in [2.05, 4.69) is 0 Å². The van der Waals surface area contributed by atoms with Crippen LogP contribution in [0.4, 0.5) is 0 Å². The molecule has 0 aliphatic carbocycles. The predicted molar refractivity (Wildman–Crippen MR) is 55.5 cm³/mol. The Labute approximate surface area is 95.0 Å². The monoisotopic (exact) mass is 230 g/mol. The van der Waals surface area contributed by atoms with Crippen LogP contribution in [0.5, 0.6) is 0 Å². The molecule has 0 saturated carbocycles. The second-order valence-electron chi connectivity index (χ2n) is 3.91. The van der Waals surface area contributed by atoms with Crippen LogP contribution in [0.1, 0.15) is 40.0 Å². The van der Waals surface area contributed by atoms with Crippen LogP contribution >= 0.6 is 0 Å². The maximum atomic E-state index is 10.9. The lowest BCUT2D eigenvalue weighted by Gasteiger charge is -2.17. The molecule has 0 aromatic heterocycles. The van der Waals surface area contributed by atoms with E-state index in [1.807, 2.05) is 6.92 Å². The van der Waals surface area contributed by atoms with E-state index >= 15 is 0 Å². The Morgan fingerprint density at radius 1 is 1.25 bits per heavy atom. The minimum absolute atomic E-state index is 0.00120. The van der Waals surface area contributed by atoms with Crippen LogP contribution in [0.15, 0.2) is 0 Å². The zero-order valence-electron chi connectivity index (χ0n) is 9.89. The first kappa shape index (κ1) is 13.0. The number of carbonyl (C=O) groups excluding carboxylic acids is 2. The number of rotatable bonds is 4. The molecule has 3 atom stereocenters. The highest BCUT2D eigenvalue weighted by molar-refractivity contribution is 5.67. The molecule has 5 nitrogen and oxygen atoms in total. The van der Waals surface area contributed by atoms with Gasteiger partial charge in [0.25, 0.3) is 0 Å². The van der Waals surface area contributed by atoms with Gasteiger partial charge in [-0.1, -0.05) is 13.3 Å². The van der Waals surface area contributed by atoms with Crippen molar-refractivity contribution in [1.29, 1.82) is 0 Å². The zero-order valence-corrected chi connectivity index (χ0v) is 9.89. The smallest absolute Gasteiger partial charge is 0.305 e. The van der Waals surface area contributed by atoms with Gasteiger partial charge in [-0.15, -0.1) is 0 Å². The molecule has 0 amide bonds. The standard InChI is InChI=1S/C11H18O5/c1-4-5-9-6-10(14-7(2)12)11(16-9)15-8(3)13/h9-11H,4-6H2,1-3H3/t9?,10-,11?/m1/s1. The summed E-state index contributed by atoms with van der Waals surface area (Å²) < 4.78 is 15.5. The van der Waals surface area contributed by atoms with Crippen molar-refractivity contribution < 1.29 is 23.8 Å². The lowest BCUT2D eigenvalue weighted by atomic mass is 10.1. The van der Waals surface area contributed by atoms with E-state index in [1.54, 1.807) is 0 Å². The fourth-order valence-electron chi connectivity index (χ4n) is 1.80. The third-order valence-corrected chi connectivity index (χ3v) is 2.34. The molecule has 16 heavy (non-hydrogen) atoms. The van der Waals surface area contributed by atoms with E-state index in [0.717, 1.165) is 12.8 Å². The first-order chi connectivity index (χ1) is 7.52. The van der Waals surface area contributed by atoms with E-state index in [9.17, 15) is 9.59 Å². The van der Waals surface area contributed by atoms with Crippen molar-refractivity contribution in [3.63, 3.8) is 0 Å². The molecule has 1 saturated heterocycles. The molecule has 1 aliphatic heterocycles. The topological polar surface area (TPSA) is 61.8 Å². The lowest BCUT2D eigenvalue weighted by molar-refractivity contribution is -0.194. The van der Waals surface area contributed by atoms with Crippen molar-refractivity contribution in [2.45, 2.75) is 58.5 Å². The third-order valence-electron chi connectivity index (χ3n) is 2.34. The molecule has 1 rings (SSSR count). The summed E-state index contributed by atoms with van der Waals surface area (Å²) in [5.74, 6) is -0.817. The van der Waals surface area contributed by atoms with Crippen LogP contribution in [-0.2, 0) is 23.8 Å². The van der Waals surface area contributed by atoms with Gasteiger partial charge < -0.3 is 14.2 Å². The number of esters is 2. The van der Waals surface area contributed by atoms with Gasteiger partial charge in [-0.3, -0.25) is 9.59 Å². The van der Waals surface area contributed by atoms with Gasteiger partial charge in [0.1, 0.15) is 0 Å². The van der Waals surface area contributed by atoms with E-state index in [-0.39, 0.29) is 12.1 Å². The van der Waals surface area contributed by atoms with Gasteiger partial charge in [-0.2, -0.15) is 0 Å². The molecule has 0 aromatic carbocycles. The average molecular weight is 230 g/mol. The summed E-state index contributed by atoms with van der Waals surface area (Å²) >= 11 is 0. The zero-order chi connectivity index (χ0) is 12.1. The van der Waals surface area contributed by atoms with Crippen molar-refractivity contribution in [3.8, 4) is 0 Å². The van der Waals surface area contributed by atoms with Gasteiger partial charge in [0.2, 0.25) is 6.29 Å². The molecule has 0 aromatic rings. The van der Waals surface area contributed by atoms with E-state index in [4.69, 9.17) is 14.2 Å². The molecule has 5 heteroatoms. The fraction of sp³-hybridized carbons (Fsp3) is 0.818. The van der Waals surface area contributed by atoms with Crippen molar-refractivity contribution in [1.82, 2.24) is 0 Å². The molecule has 92 valence electrons. The summed E-state index contributed by atoms with van der Waals surface area (Å²) in [5, 5.41) is 0. The van der Waals surface area contributed by atoms with Gasteiger partial charge in [0, 0.05) is 20.3 Å². The summed E-state index contributed by atoms with van der Waals surface area (Å²) in [6, 6.07) is 0. The van der Waals surface area contributed by atoms with Crippen molar-refractivity contribution in [2.24, 2.45) is 0 Å². The minimum Gasteiger partial charge on any atom is -0.456 e. The average Bonchev–Trinajstić information content (AvgIpc) is 2.46. The van der Waals surface area contributed by atoms with Gasteiger partial charge >= 0.3 is 11.9 Å². The highest BCUT2D eigenvalue weighted by Crippen LogP contribution is 2.27. The Hall–Kier alpha value is -1.10. The summed E-state index contributed by atoms with van der Waals surface area (Å²) in [5.41, 5.74) is 0. The highest BCUT2D eigenvalue weighted by atomic mass is 16.7. The fourth-order valence-corrected chi connectivity index (χ4v) is 1.80. The number of hydrogen-bond acceptors (Lipinski definition) is 5. The van der Waals surface area contributed by atoms with Crippen LogP contribution in [0.2, 0.25) is 0 Å². The third kappa shape index (κ3) is 3.81. The minimum atomic E-state index is -0.752. The van der Waals surface area contributed by atoms with Gasteiger partial charge in [0.05, 0.1) is 6.10 Å². The Bertz CT molecular complexity index is 239. The molecule has 0 spiro atoms. The van der Waals surface area contributed by atoms with Crippen LogP contribution in [-0.4, -0.2) is 30.4 Å². The van der Waals surface area contributed by atoms with Gasteiger partial charge in [0.15, 0.2) is 6.10 Å². The summed E-state index contributed by atoms with van der Waals surface area (Å²) in [4.78, 5) is 21.7. The molecule has 0 radical (unpaired) electrons. The molecule has 0 bridgehead atoms. The van der Waals surface area contributed by atoms with Crippen LogP contribution in [0, 0.1) is 0 Å². The lowest BCUT2D eigenvalue weighted by Crippen LogP contribution is -2.30. The molecular formula is C11H18O5. The molecule has 1 heterocycles. The van der Waals surface area contributed by atoms with Crippen LogP contribution < -0.4 is 0 Å². The Balaban J connectivity index is 2.55. The van der Waals surface area contributed by atoms with E-state index < -0.39 is 18.4 Å². The normalized spacial score (nSPS) is 28.8. The highest BCUT2D eigenvalue weighted by Gasteiger charge is 2.39. The Morgan fingerprint density at radius 2 is 1.88 bits per heavy atom. The van der Waals surface area contributed by atoms with Crippen molar-refractivity contribution >= 4 is 11.9 Å². The van der Waals surface area contributed by atoms with Gasteiger partial charge in [-0.25, -0.2) is 0 Å². The summed E-state index contributed by atoms with van der Waals surface area (Å²) in [6.07, 6.45) is 1.21. The number of carbonyl (C=O) groups is 2. The molecular weight excluding hydrogens is 212 g/mol. The van der Waals surface area contributed by atoms with Crippen LogP contribution in [0.3, 0.4) is 0 Å². The number of hydrogen-bond donors (Lipinski definition) is 0. The second kappa shape index (κ2) is 5.84. The summed E-state index contributed by atoms with van der Waals surface area (Å²) in [6.45, 7) is 4.68. The predicted octanol–water partition coefficient (Wildman–Crippen LogP) is 1.40. The maximum absolute atomic E-state index is 10.9. The SMILES string of the molecule is CCCC1C[C@@H](OC(C)=O)C(OC(C)=O)O1. The van der Waals surface area contributed by atoms with E-state index in [0.29, 0.717) is 6.42 Å². The molecule has 0 N–H and O–H groups in total. The van der Waals surface area contributed by atoms with Crippen molar-refractivity contribution in [3.05, 3.63) is 0 Å². The van der Waals surface area contributed by atoms with E-state index in [1.165, 1.54) is 13.8 Å². The molecule has 2 unspecified atom stereocenters. The van der Waals surface area contributed by atoms with Gasteiger partial charge in [-0.05, 0) is 6.42 Å².